The van der Waals surface area contributed by atoms with Crippen molar-refractivity contribution >= 4 is 33.2 Å². The van der Waals surface area contributed by atoms with Crippen molar-refractivity contribution in [3.63, 3.8) is 0 Å². The Labute approximate surface area is 106 Å². The first-order valence-electron chi connectivity index (χ1n) is 6.06. The smallest absolute Gasteiger partial charge is 0.0836 e. The predicted octanol–water partition coefficient (Wildman–Crippen LogP) is 5.01. The molecule has 0 aromatic carbocycles. The van der Waals surface area contributed by atoms with E-state index in [0.717, 1.165) is 5.75 Å². The Morgan fingerprint density at radius 2 is 2.19 bits per heavy atom. The second-order valence-electron chi connectivity index (χ2n) is 3.97. The van der Waals surface area contributed by atoms with Crippen LogP contribution in [0.4, 0.5) is 0 Å². The molecule has 0 N–H and O–H groups in total. The van der Waals surface area contributed by atoms with Crippen LogP contribution in [0.1, 0.15) is 33.1 Å². The Morgan fingerprint density at radius 3 is 2.94 bits per heavy atom. The zero-order valence-corrected chi connectivity index (χ0v) is 11.7. The molecule has 0 atom stereocenters. The predicted molar refractivity (Wildman–Crippen MR) is 75.7 cm³/mol. The molecule has 2 rings (SSSR count). The summed E-state index contributed by atoms with van der Waals surface area (Å²) in [5.74, 6) is 1.16. The van der Waals surface area contributed by atoms with Crippen molar-refractivity contribution in [1.82, 2.24) is 4.57 Å². The Hall–Kier alpha value is -0.410. The number of hydrogen-bond donors (Lipinski definition) is 0. The first-order chi connectivity index (χ1) is 7.86. The van der Waals surface area contributed by atoms with Gasteiger partial charge in [0.1, 0.15) is 0 Å². The molecule has 3 heteroatoms. The van der Waals surface area contributed by atoms with E-state index in [1.807, 2.05) is 23.1 Å². The maximum atomic E-state index is 2.45. The number of thiophene rings is 1. The van der Waals surface area contributed by atoms with Crippen LogP contribution >= 0.6 is 23.1 Å². The van der Waals surface area contributed by atoms with Gasteiger partial charge in [-0.3, -0.25) is 0 Å². The number of nitrogens with zero attached hydrogens (tertiary/aromatic N) is 1. The van der Waals surface area contributed by atoms with E-state index in [9.17, 15) is 0 Å². The van der Waals surface area contributed by atoms with Gasteiger partial charge in [-0.2, -0.15) is 0 Å². The molecule has 0 spiro atoms. The van der Waals surface area contributed by atoms with E-state index in [1.54, 1.807) is 0 Å². The minimum atomic E-state index is 1.16. The topological polar surface area (TPSA) is 4.93 Å². The van der Waals surface area contributed by atoms with Gasteiger partial charge in [0.15, 0.2) is 0 Å². The average Bonchev–Trinajstić information content (AvgIpc) is 2.83. The first-order valence-corrected chi connectivity index (χ1v) is 7.92. The molecule has 0 fully saturated rings. The van der Waals surface area contributed by atoms with Crippen molar-refractivity contribution in [2.24, 2.45) is 0 Å². The molecule has 1 nitrogen and oxygen atoms in total. The Kier molecular flexibility index (Phi) is 4.36. The second kappa shape index (κ2) is 5.78. The number of aryl methyl sites for hydroxylation is 1. The molecule has 0 amide bonds. The molecule has 0 aliphatic rings. The molecular weight excluding hydrogens is 234 g/mol. The quantitative estimate of drug-likeness (QED) is 0.518. The molecule has 0 saturated carbocycles. The highest BCUT2D eigenvalue weighted by molar-refractivity contribution is 7.99. The number of rotatable bonds is 6. The molecule has 0 aliphatic carbocycles. The van der Waals surface area contributed by atoms with Gasteiger partial charge in [0.25, 0.3) is 0 Å². The van der Waals surface area contributed by atoms with Crippen LogP contribution in [0.2, 0.25) is 0 Å². The lowest BCUT2D eigenvalue weighted by atomic mass is 10.2. The van der Waals surface area contributed by atoms with Crippen LogP contribution < -0.4 is 0 Å². The van der Waals surface area contributed by atoms with Crippen molar-refractivity contribution in [3.05, 3.63) is 17.6 Å². The van der Waals surface area contributed by atoms with Crippen molar-refractivity contribution in [2.45, 2.75) is 44.7 Å². The highest BCUT2D eigenvalue weighted by Gasteiger charge is 2.09. The summed E-state index contributed by atoms with van der Waals surface area (Å²) in [6.45, 7) is 5.67. The minimum Gasteiger partial charge on any atom is -0.341 e. The number of hydrogen-bond acceptors (Lipinski definition) is 2. The Bertz CT molecular complexity index is 442. The highest BCUT2D eigenvalue weighted by atomic mass is 32.2. The molecule has 0 saturated heterocycles. The standard InChI is InChI=1S/C13H19NS2/c1-3-5-6-8-14-10-12-11(7-9-16-12)13(14)15-4-2/h7,9-10H,3-6,8H2,1-2H3. The fourth-order valence-corrected chi connectivity index (χ4v) is 3.76. The molecule has 2 aromatic rings. The maximum absolute atomic E-state index is 2.45. The Balaban J connectivity index is 2.20. The van der Waals surface area contributed by atoms with Crippen molar-refractivity contribution in [2.75, 3.05) is 5.75 Å². The summed E-state index contributed by atoms with van der Waals surface area (Å²) >= 11 is 3.82. The molecule has 16 heavy (non-hydrogen) atoms. The zero-order valence-electron chi connectivity index (χ0n) is 10.0. The van der Waals surface area contributed by atoms with Crippen LogP contribution in [0, 0.1) is 0 Å². The zero-order chi connectivity index (χ0) is 11.4. The number of fused-ring (bicyclic) bond motifs is 1. The van der Waals surface area contributed by atoms with Gasteiger partial charge in [0.2, 0.25) is 0 Å². The molecule has 0 aliphatic heterocycles. The molecule has 2 heterocycles. The number of thioether (sulfide) groups is 1. The lowest BCUT2D eigenvalue weighted by Crippen LogP contribution is -1.97. The summed E-state index contributed by atoms with van der Waals surface area (Å²) in [5, 5.41) is 5.11. The molecule has 0 bridgehead atoms. The van der Waals surface area contributed by atoms with E-state index in [4.69, 9.17) is 0 Å². The molecule has 88 valence electrons. The van der Waals surface area contributed by atoms with Gasteiger partial charge >= 0.3 is 0 Å². The third kappa shape index (κ3) is 2.46. The van der Waals surface area contributed by atoms with Gasteiger partial charge in [-0.1, -0.05) is 26.7 Å². The van der Waals surface area contributed by atoms with Crippen LogP contribution in [0.25, 0.3) is 10.1 Å². The number of unbranched alkanes of at least 4 members (excludes halogenated alkanes) is 2. The van der Waals surface area contributed by atoms with E-state index in [1.165, 1.54) is 40.9 Å². The third-order valence-electron chi connectivity index (χ3n) is 2.74. The summed E-state index contributed by atoms with van der Waals surface area (Å²) in [6, 6.07) is 2.26. The normalized spacial score (nSPS) is 11.4. The van der Waals surface area contributed by atoms with Gasteiger partial charge in [0, 0.05) is 18.1 Å². The van der Waals surface area contributed by atoms with Crippen molar-refractivity contribution < 1.29 is 0 Å². The van der Waals surface area contributed by atoms with Gasteiger partial charge in [-0.15, -0.1) is 23.1 Å². The first kappa shape index (κ1) is 12.1. The summed E-state index contributed by atoms with van der Waals surface area (Å²) < 4.78 is 3.89. The largest absolute Gasteiger partial charge is 0.341 e. The number of aromatic nitrogens is 1. The molecule has 0 unspecified atom stereocenters. The molecule has 0 radical (unpaired) electrons. The lowest BCUT2D eigenvalue weighted by molar-refractivity contribution is 0.578. The van der Waals surface area contributed by atoms with E-state index in [0.29, 0.717) is 0 Å². The SMILES string of the molecule is CCCCCn1cc2sccc2c1SCC. The van der Waals surface area contributed by atoms with Gasteiger partial charge in [-0.25, -0.2) is 0 Å². The van der Waals surface area contributed by atoms with Gasteiger partial charge in [0.05, 0.1) is 9.73 Å². The third-order valence-corrected chi connectivity index (χ3v) is 4.61. The minimum absolute atomic E-state index is 1.16. The van der Waals surface area contributed by atoms with Crippen molar-refractivity contribution in [3.8, 4) is 0 Å². The fraction of sp³-hybridized carbons (Fsp3) is 0.538. The van der Waals surface area contributed by atoms with Gasteiger partial charge in [-0.05, 0) is 23.6 Å². The van der Waals surface area contributed by atoms with E-state index < -0.39 is 0 Å². The highest BCUT2D eigenvalue weighted by Crippen LogP contribution is 2.33. The van der Waals surface area contributed by atoms with Crippen LogP contribution in [0.5, 0.6) is 0 Å². The van der Waals surface area contributed by atoms with Gasteiger partial charge < -0.3 is 4.57 Å². The van der Waals surface area contributed by atoms with Crippen LogP contribution in [0.15, 0.2) is 22.7 Å². The second-order valence-corrected chi connectivity index (χ2v) is 6.17. The van der Waals surface area contributed by atoms with Crippen LogP contribution in [-0.2, 0) is 6.54 Å². The van der Waals surface area contributed by atoms with Crippen LogP contribution in [-0.4, -0.2) is 10.3 Å². The van der Waals surface area contributed by atoms with Crippen molar-refractivity contribution in [1.29, 1.82) is 0 Å². The van der Waals surface area contributed by atoms with E-state index >= 15 is 0 Å². The fourth-order valence-electron chi connectivity index (χ4n) is 1.95. The van der Waals surface area contributed by atoms with Crippen LogP contribution in [0.3, 0.4) is 0 Å². The lowest BCUT2D eigenvalue weighted by Gasteiger charge is -2.07. The summed E-state index contributed by atoms with van der Waals surface area (Å²) in [4.78, 5) is 0. The maximum Gasteiger partial charge on any atom is 0.0836 e. The summed E-state index contributed by atoms with van der Waals surface area (Å²) in [5.41, 5.74) is 0. The Morgan fingerprint density at radius 1 is 1.31 bits per heavy atom. The molecule has 2 aromatic heterocycles. The van der Waals surface area contributed by atoms with E-state index in [2.05, 4.69) is 36.1 Å². The average molecular weight is 253 g/mol. The van der Waals surface area contributed by atoms with E-state index in [-0.39, 0.29) is 0 Å². The summed E-state index contributed by atoms with van der Waals surface area (Å²) in [6.07, 6.45) is 6.26. The summed E-state index contributed by atoms with van der Waals surface area (Å²) in [7, 11) is 0. The molecular formula is C13H19NS2. The monoisotopic (exact) mass is 253 g/mol.